The Hall–Kier alpha value is -2.57. The lowest BCUT2D eigenvalue weighted by Gasteiger charge is -2.18. The fourth-order valence-electron chi connectivity index (χ4n) is 3.48. The SMILES string of the molecule is Cn1c(CNc2ccc(Cl)cc2C(=O)N2CCCC2)nnc1-c1ccc(Cl)cc1. The second-order valence-electron chi connectivity index (χ2n) is 7.05. The Morgan fingerprint density at radius 3 is 2.45 bits per heavy atom. The molecule has 4 rings (SSSR count). The molecule has 0 unspecified atom stereocenters. The van der Waals surface area contributed by atoms with E-state index in [1.165, 1.54) is 0 Å². The Kier molecular flexibility index (Phi) is 5.74. The first-order chi connectivity index (χ1) is 14.0. The van der Waals surface area contributed by atoms with Crippen LogP contribution < -0.4 is 5.32 Å². The first kappa shape index (κ1) is 19.7. The average Bonchev–Trinajstić information content (AvgIpc) is 3.38. The number of hydrogen-bond donors (Lipinski definition) is 1. The number of amides is 1. The Balaban J connectivity index is 1.54. The second kappa shape index (κ2) is 8.43. The summed E-state index contributed by atoms with van der Waals surface area (Å²) in [5, 5.41) is 13.1. The zero-order chi connectivity index (χ0) is 20.4. The van der Waals surface area contributed by atoms with Crippen LogP contribution in [0.2, 0.25) is 10.0 Å². The molecule has 2 heterocycles. The summed E-state index contributed by atoms with van der Waals surface area (Å²) in [7, 11) is 1.92. The van der Waals surface area contributed by atoms with E-state index in [4.69, 9.17) is 23.2 Å². The molecule has 1 aliphatic heterocycles. The van der Waals surface area contributed by atoms with Crippen LogP contribution in [0.4, 0.5) is 5.69 Å². The lowest BCUT2D eigenvalue weighted by molar-refractivity contribution is 0.0793. The third-order valence-electron chi connectivity index (χ3n) is 5.11. The van der Waals surface area contributed by atoms with E-state index in [1.807, 2.05) is 46.8 Å². The number of nitrogens with one attached hydrogen (secondary N) is 1. The highest BCUT2D eigenvalue weighted by Gasteiger charge is 2.22. The van der Waals surface area contributed by atoms with Crippen molar-refractivity contribution in [1.82, 2.24) is 19.7 Å². The van der Waals surface area contributed by atoms with Crippen molar-refractivity contribution in [3.05, 3.63) is 63.9 Å². The maximum atomic E-state index is 12.9. The summed E-state index contributed by atoms with van der Waals surface area (Å²) in [6, 6.07) is 12.8. The van der Waals surface area contributed by atoms with Gasteiger partial charge >= 0.3 is 0 Å². The van der Waals surface area contributed by atoms with Gasteiger partial charge in [0.05, 0.1) is 12.1 Å². The Labute approximate surface area is 179 Å². The summed E-state index contributed by atoms with van der Waals surface area (Å²) in [6.07, 6.45) is 2.09. The summed E-state index contributed by atoms with van der Waals surface area (Å²) in [5.41, 5.74) is 2.26. The van der Waals surface area contributed by atoms with Crippen LogP contribution >= 0.6 is 23.2 Å². The van der Waals surface area contributed by atoms with Gasteiger partial charge in [-0.05, 0) is 55.3 Å². The molecule has 150 valence electrons. The summed E-state index contributed by atoms with van der Waals surface area (Å²) in [5.74, 6) is 1.51. The predicted molar refractivity (Wildman–Crippen MR) is 115 cm³/mol. The van der Waals surface area contributed by atoms with Crippen molar-refractivity contribution in [1.29, 1.82) is 0 Å². The van der Waals surface area contributed by atoms with Crippen LogP contribution in [0.5, 0.6) is 0 Å². The van der Waals surface area contributed by atoms with Gasteiger partial charge in [0.2, 0.25) is 0 Å². The number of anilines is 1. The molecule has 0 aliphatic carbocycles. The van der Waals surface area contributed by atoms with Crippen molar-refractivity contribution in [3.63, 3.8) is 0 Å². The average molecular weight is 430 g/mol. The molecular formula is C21H21Cl2N5O. The van der Waals surface area contributed by atoms with Crippen molar-refractivity contribution >= 4 is 34.8 Å². The first-order valence-electron chi connectivity index (χ1n) is 9.50. The number of nitrogens with zero attached hydrogens (tertiary/aromatic N) is 4. The van der Waals surface area contributed by atoms with Crippen LogP contribution in [0.25, 0.3) is 11.4 Å². The van der Waals surface area contributed by atoms with E-state index in [0.29, 0.717) is 22.2 Å². The number of benzene rings is 2. The third-order valence-corrected chi connectivity index (χ3v) is 5.60. The fraction of sp³-hybridized carbons (Fsp3) is 0.286. The van der Waals surface area contributed by atoms with Crippen LogP contribution in [0.15, 0.2) is 42.5 Å². The molecule has 0 saturated carbocycles. The molecule has 1 aliphatic rings. The zero-order valence-corrected chi connectivity index (χ0v) is 17.5. The van der Waals surface area contributed by atoms with Crippen molar-refractivity contribution in [2.45, 2.75) is 19.4 Å². The van der Waals surface area contributed by atoms with Crippen LogP contribution in [0, 0.1) is 0 Å². The maximum absolute atomic E-state index is 12.9. The molecule has 0 spiro atoms. The van der Waals surface area contributed by atoms with Crippen LogP contribution in [0.3, 0.4) is 0 Å². The van der Waals surface area contributed by atoms with Crippen molar-refractivity contribution < 1.29 is 4.79 Å². The monoisotopic (exact) mass is 429 g/mol. The normalized spacial score (nSPS) is 13.7. The van der Waals surface area contributed by atoms with E-state index in [2.05, 4.69) is 15.5 Å². The van der Waals surface area contributed by atoms with Crippen LogP contribution in [-0.2, 0) is 13.6 Å². The van der Waals surface area contributed by atoms with Gasteiger partial charge in [0, 0.05) is 41.4 Å². The van der Waals surface area contributed by atoms with Gasteiger partial charge in [0.15, 0.2) is 11.6 Å². The molecule has 29 heavy (non-hydrogen) atoms. The van der Waals surface area contributed by atoms with E-state index in [9.17, 15) is 4.79 Å². The molecule has 8 heteroatoms. The lowest BCUT2D eigenvalue weighted by atomic mass is 10.1. The topological polar surface area (TPSA) is 63.1 Å². The highest BCUT2D eigenvalue weighted by molar-refractivity contribution is 6.31. The van der Waals surface area contributed by atoms with E-state index in [-0.39, 0.29) is 5.91 Å². The Morgan fingerprint density at radius 1 is 1.03 bits per heavy atom. The summed E-state index contributed by atoms with van der Waals surface area (Å²) < 4.78 is 1.92. The van der Waals surface area contributed by atoms with Crippen molar-refractivity contribution in [3.8, 4) is 11.4 Å². The highest BCUT2D eigenvalue weighted by atomic mass is 35.5. The molecule has 6 nitrogen and oxygen atoms in total. The molecule has 2 aromatic carbocycles. The third kappa shape index (κ3) is 4.23. The molecule has 1 saturated heterocycles. The quantitative estimate of drug-likeness (QED) is 0.641. The zero-order valence-electron chi connectivity index (χ0n) is 16.0. The molecule has 1 N–H and O–H groups in total. The molecule has 0 bridgehead atoms. The van der Waals surface area contributed by atoms with Gasteiger partial charge in [-0.15, -0.1) is 10.2 Å². The fourth-order valence-corrected chi connectivity index (χ4v) is 3.78. The Bertz CT molecular complexity index is 1030. The number of aromatic nitrogens is 3. The minimum Gasteiger partial charge on any atom is -0.377 e. The van der Waals surface area contributed by atoms with Gasteiger partial charge in [-0.2, -0.15) is 0 Å². The van der Waals surface area contributed by atoms with Gasteiger partial charge in [-0.3, -0.25) is 4.79 Å². The van der Waals surface area contributed by atoms with E-state index >= 15 is 0 Å². The number of carbonyl (C=O) groups excluding carboxylic acids is 1. The van der Waals surface area contributed by atoms with Gasteiger partial charge in [0.1, 0.15) is 0 Å². The van der Waals surface area contributed by atoms with Crippen molar-refractivity contribution in [2.24, 2.45) is 7.05 Å². The number of halogens is 2. The number of rotatable bonds is 5. The number of hydrogen-bond acceptors (Lipinski definition) is 4. The van der Waals surface area contributed by atoms with Gasteiger partial charge in [-0.25, -0.2) is 0 Å². The minimum atomic E-state index is 0.00678. The molecule has 1 fully saturated rings. The lowest BCUT2D eigenvalue weighted by Crippen LogP contribution is -2.28. The summed E-state index contributed by atoms with van der Waals surface area (Å²) >= 11 is 12.1. The first-order valence-corrected chi connectivity index (χ1v) is 10.3. The minimum absolute atomic E-state index is 0.00678. The van der Waals surface area contributed by atoms with Gasteiger partial charge in [0.25, 0.3) is 5.91 Å². The Morgan fingerprint density at radius 2 is 1.72 bits per heavy atom. The molecule has 0 radical (unpaired) electrons. The van der Waals surface area contributed by atoms with Crippen LogP contribution in [0.1, 0.15) is 29.0 Å². The summed E-state index contributed by atoms with van der Waals surface area (Å²) in [6.45, 7) is 2.01. The maximum Gasteiger partial charge on any atom is 0.256 e. The largest absolute Gasteiger partial charge is 0.377 e. The van der Waals surface area contributed by atoms with Crippen molar-refractivity contribution in [2.75, 3.05) is 18.4 Å². The van der Waals surface area contributed by atoms with E-state index < -0.39 is 0 Å². The van der Waals surface area contributed by atoms with E-state index in [1.54, 1.807) is 12.1 Å². The van der Waals surface area contributed by atoms with E-state index in [0.717, 1.165) is 48.8 Å². The predicted octanol–water partition coefficient (Wildman–Crippen LogP) is 4.64. The molecule has 0 atom stereocenters. The van der Waals surface area contributed by atoms with Gasteiger partial charge in [-0.1, -0.05) is 23.2 Å². The number of carbonyl (C=O) groups is 1. The second-order valence-corrected chi connectivity index (χ2v) is 7.92. The summed E-state index contributed by atoms with van der Waals surface area (Å²) in [4.78, 5) is 14.8. The number of likely N-dealkylation sites (tertiary alicyclic amines) is 1. The van der Waals surface area contributed by atoms with Crippen LogP contribution in [-0.4, -0.2) is 38.7 Å². The standard InChI is InChI=1S/C21H21Cl2N5O/c1-27-19(25-26-20(27)14-4-6-15(22)7-5-14)13-24-18-9-8-16(23)12-17(18)21(29)28-10-2-3-11-28/h4-9,12,24H,2-3,10-11,13H2,1H3. The highest BCUT2D eigenvalue weighted by Crippen LogP contribution is 2.25. The molecule has 3 aromatic rings. The molecule has 1 amide bonds. The molecular weight excluding hydrogens is 409 g/mol. The smallest absolute Gasteiger partial charge is 0.256 e. The molecule has 1 aromatic heterocycles. The van der Waals surface area contributed by atoms with Gasteiger partial charge < -0.3 is 14.8 Å².